The van der Waals surface area contributed by atoms with Gasteiger partial charge >= 0.3 is 0 Å². The molecule has 26 heavy (non-hydrogen) atoms. The summed E-state index contributed by atoms with van der Waals surface area (Å²) in [6, 6.07) is 24.1. The van der Waals surface area contributed by atoms with E-state index < -0.39 is 0 Å². The van der Waals surface area contributed by atoms with E-state index in [1.165, 1.54) is 37.9 Å². The molecule has 0 amide bonds. The second-order valence-corrected chi connectivity index (χ2v) is 6.93. The van der Waals surface area contributed by atoms with Crippen LogP contribution in [0.4, 0.5) is 11.5 Å². The van der Waals surface area contributed by atoms with Crippen LogP contribution in [0.25, 0.3) is 32.3 Å². The van der Waals surface area contributed by atoms with Crippen molar-refractivity contribution < 1.29 is 0 Å². The van der Waals surface area contributed by atoms with Crippen LogP contribution in [0, 0.1) is 0 Å². The fourth-order valence-electron chi connectivity index (χ4n) is 3.96. The average Bonchev–Trinajstić information content (AvgIpc) is 2.66. The van der Waals surface area contributed by atoms with E-state index in [-0.39, 0.29) is 0 Å². The van der Waals surface area contributed by atoms with E-state index in [1.807, 2.05) is 6.20 Å². The third-order valence-corrected chi connectivity index (χ3v) is 5.10. The molecule has 0 atom stereocenters. The Morgan fingerprint density at radius 1 is 0.769 bits per heavy atom. The van der Waals surface area contributed by atoms with Gasteiger partial charge in [0.25, 0.3) is 0 Å². The molecule has 1 heterocycles. The van der Waals surface area contributed by atoms with Crippen molar-refractivity contribution in [3.63, 3.8) is 0 Å². The second kappa shape index (κ2) is 5.99. The normalized spacial score (nSPS) is 11.6. The number of nitrogens with one attached hydrogen (secondary N) is 1. The van der Waals surface area contributed by atoms with Crippen LogP contribution < -0.4 is 5.32 Å². The number of hydrogen-bond donors (Lipinski definition) is 1. The molecule has 0 radical (unpaired) electrons. The highest BCUT2D eigenvalue weighted by atomic mass is 15.0. The van der Waals surface area contributed by atoms with Gasteiger partial charge in [0, 0.05) is 11.9 Å². The van der Waals surface area contributed by atoms with Crippen LogP contribution in [0.1, 0.15) is 18.9 Å². The van der Waals surface area contributed by atoms with Gasteiger partial charge in [-0.1, -0.05) is 55.8 Å². The van der Waals surface area contributed by atoms with Crippen molar-refractivity contribution in [3.8, 4) is 0 Å². The van der Waals surface area contributed by atoms with E-state index in [9.17, 15) is 0 Å². The Morgan fingerprint density at radius 2 is 1.42 bits per heavy atom. The van der Waals surface area contributed by atoms with Crippen LogP contribution in [-0.4, -0.2) is 4.98 Å². The summed E-state index contributed by atoms with van der Waals surface area (Å²) in [5, 5.41) is 11.3. The first-order chi connectivity index (χ1) is 12.8. The molecule has 5 rings (SSSR count). The molecule has 0 saturated carbocycles. The zero-order valence-corrected chi connectivity index (χ0v) is 14.8. The predicted octanol–water partition coefficient (Wildman–Crippen LogP) is 6.68. The van der Waals surface area contributed by atoms with Crippen LogP contribution in [0.2, 0.25) is 0 Å². The molecule has 0 aliphatic rings. The largest absolute Gasteiger partial charge is 0.340 e. The Bertz CT molecular complexity index is 1160. The van der Waals surface area contributed by atoms with Crippen LogP contribution in [0.3, 0.4) is 0 Å². The van der Waals surface area contributed by atoms with Gasteiger partial charge in [0.2, 0.25) is 0 Å². The highest BCUT2D eigenvalue weighted by Gasteiger charge is 2.09. The molecule has 0 unspecified atom stereocenters. The molecule has 1 aromatic heterocycles. The Hall–Kier alpha value is -3.13. The van der Waals surface area contributed by atoms with Crippen molar-refractivity contribution in [3.05, 3.63) is 78.5 Å². The lowest BCUT2D eigenvalue weighted by Crippen LogP contribution is -1.95. The maximum Gasteiger partial charge on any atom is 0.130 e. The average molecular weight is 336 g/mol. The molecule has 126 valence electrons. The maximum absolute atomic E-state index is 4.49. The highest BCUT2D eigenvalue weighted by Crippen LogP contribution is 2.36. The van der Waals surface area contributed by atoms with E-state index in [1.54, 1.807) is 0 Å². The Morgan fingerprint density at radius 3 is 2.12 bits per heavy atom. The zero-order chi connectivity index (χ0) is 17.5. The zero-order valence-electron chi connectivity index (χ0n) is 14.8. The van der Waals surface area contributed by atoms with Crippen LogP contribution in [-0.2, 0) is 6.42 Å². The lowest BCUT2D eigenvalue weighted by molar-refractivity contribution is 0.919. The first kappa shape index (κ1) is 15.2. The van der Waals surface area contributed by atoms with Crippen molar-refractivity contribution >= 4 is 43.8 Å². The van der Waals surface area contributed by atoms with Gasteiger partial charge in [-0.2, -0.15) is 0 Å². The summed E-state index contributed by atoms with van der Waals surface area (Å²) in [6.07, 6.45) is 4.11. The highest BCUT2D eigenvalue weighted by molar-refractivity contribution is 6.23. The molecule has 0 fully saturated rings. The van der Waals surface area contributed by atoms with Crippen LogP contribution in [0.5, 0.6) is 0 Å². The summed E-state index contributed by atoms with van der Waals surface area (Å²) < 4.78 is 0. The van der Waals surface area contributed by atoms with Crippen LogP contribution >= 0.6 is 0 Å². The molecule has 0 saturated heterocycles. The summed E-state index contributed by atoms with van der Waals surface area (Å²) in [5.74, 6) is 0.906. The van der Waals surface area contributed by atoms with Crippen molar-refractivity contribution in [2.45, 2.75) is 19.8 Å². The lowest BCUT2D eigenvalue weighted by atomic mass is 9.94. The van der Waals surface area contributed by atoms with Gasteiger partial charge in [0.05, 0.1) is 0 Å². The molecular weight excluding hydrogens is 316 g/mol. The molecule has 2 nitrogen and oxygen atoms in total. The number of rotatable bonds is 4. The van der Waals surface area contributed by atoms with Gasteiger partial charge in [-0.05, 0) is 68.6 Å². The minimum Gasteiger partial charge on any atom is -0.340 e. The molecule has 2 heteroatoms. The molecule has 0 bridgehead atoms. The molecule has 0 aliphatic carbocycles. The SMILES string of the molecule is CCCc1ccnc(Nc2cc3ccc4cccc5ccc(c2)c3c45)c1. The molecule has 1 N–H and O–H groups in total. The minimum absolute atomic E-state index is 0.906. The van der Waals surface area contributed by atoms with Crippen molar-refractivity contribution in [2.75, 3.05) is 5.32 Å². The standard InChI is InChI=1S/C24H20N2/c1-2-4-16-11-12-25-22(13-16)26-21-14-19-9-7-17-5-3-6-18-8-10-20(15-21)24(19)23(17)18/h3,5-15H,2,4H2,1H3,(H,25,26). The van der Waals surface area contributed by atoms with Crippen LogP contribution in [0.15, 0.2) is 72.9 Å². The van der Waals surface area contributed by atoms with E-state index in [0.29, 0.717) is 0 Å². The van der Waals surface area contributed by atoms with E-state index in [0.717, 1.165) is 24.3 Å². The van der Waals surface area contributed by atoms with Crippen molar-refractivity contribution in [1.29, 1.82) is 0 Å². The lowest BCUT2D eigenvalue weighted by Gasteiger charge is -2.13. The summed E-state index contributed by atoms with van der Waals surface area (Å²) in [4.78, 5) is 4.49. The number of benzene rings is 4. The van der Waals surface area contributed by atoms with Gasteiger partial charge in [-0.25, -0.2) is 4.98 Å². The molecule has 0 spiro atoms. The van der Waals surface area contributed by atoms with Gasteiger partial charge in [0.1, 0.15) is 5.82 Å². The third kappa shape index (κ3) is 2.46. The first-order valence-electron chi connectivity index (χ1n) is 9.21. The minimum atomic E-state index is 0.906. The van der Waals surface area contributed by atoms with Gasteiger partial charge in [0.15, 0.2) is 0 Å². The number of aromatic nitrogens is 1. The molecule has 4 aromatic carbocycles. The topological polar surface area (TPSA) is 24.9 Å². The monoisotopic (exact) mass is 336 g/mol. The maximum atomic E-state index is 4.49. The van der Waals surface area contributed by atoms with Gasteiger partial charge < -0.3 is 5.32 Å². The van der Waals surface area contributed by atoms with Gasteiger partial charge in [-0.15, -0.1) is 0 Å². The molecular formula is C24H20N2. The summed E-state index contributed by atoms with van der Waals surface area (Å²) in [5.41, 5.74) is 2.40. The van der Waals surface area contributed by atoms with E-state index >= 15 is 0 Å². The number of pyridine rings is 1. The second-order valence-electron chi connectivity index (χ2n) is 6.93. The Kier molecular flexibility index (Phi) is 3.49. The summed E-state index contributed by atoms with van der Waals surface area (Å²) >= 11 is 0. The number of aryl methyl sites for hydroxylation is 1. The molecule has 5 aromatic rings. The van der Waals surface area contributed by atoms with E-state index in [2.05, 4.69) is 84.0 Å². The predicted molar refractivity (Wildman–Crippen MR) is 112 cm³/mol. The van der Waals surface area contributed by atoms with Crippen molar-refractivity contribution in [1.82, 2.24) is 4.98 Å². The first-order valence-corrected chi connectivity index (χ1v) is 9.21. The summed E-state index contributed by atoms with van der Waals surface area (Å²) in [6.45, 7) is 2.20. The van der Waals surface area contributed by atoms with E-state index in [4.69, 9.17) is 0 Å². The number of hydrogen-bond acceptors (Lipinski definition) is 2. The smallest absolute Gasteiger partial charge is 0.130 e. The fourth-order valence-corrected chi connectivity index (χ4v) is 3.96. The van der Waals surface area contributed by atoms with Crippen molar-refractivity contribution in [2.24, 2.45) is 0 Å². The Balaban J connectivity index is 1.64. The fraction of sp³-hybridized carbons (Fsp3) is 0.125. The quantitative estimate of drug-likeness (QED) is 0.370. The number of nitrogens with zero attached hydrogens (tertiary/aromatic N) is 1. The molecule has 0 aliphatic heterocycles. The number of anilines is 2. The Labute approximate surface area is 152 Å². The summed E-state index contributed by atoms with van der Waals surface area (Å²) in [7, 11) is 0. The van der Waals surface area contributed by atoms with Gasteiger partial charge in [-0.3, -0.25) is 0 Å². The third-order valence-electron chi connectivity index (χ3n) is 5.10.